The third-order valence-electron chi connectivity index (χ3n) is 6.14. The number of hydrogen-bond donors (Lipinski definition) is 0. The number of hydrogen-bond acceptors (Lipinski definition) is 2. The monoisotopic (exact) mass is 389 g/mol. The van der Waals surface area contributed by atoms with Gasteiger partial charge >= 0.3 is 0 Å². The minimum Gasteiger partial charge on any atom is -0.477 e. The number of benzene rings is 1. The van der Waals surface area contributed by atoms with Gasteiger partial charge in [-0.3, -0.25) is 0 Å². The Morgan fingerprint density at radius 3 is 2.37 bits per heavy atom. The van der Waals surface area contributed by atoms with E-state index in [9.17, 15) is 4.39 Å². The molecule has 1 aromatic rings. The minimum absolute atomic E-state index is 0.00302. The van der Waals surface area contributed by atoms with E-state index in [1.807, 2.05) is 19.1 Å². The topological polar surface area (TPSA) is 21.6 Å². The molecule has 3 rings (SSSR count). The molecule has 1 atom stereocenters. The van der Waals surface area contributed by atoms with Crippen molar-refractivity contribution in [1.29, 1.82) is 0 Å². The number of alkyl halides is 1. The zero-order chi connectivity index (χ0) is 20.0. The summed E-state index contributed by atoms with van der Waals surface area (Å²) in [4.78, 5) is 4.58. The van der Waals surface area contributed by atoms with Gasteiger partial charge in [0.05, 0.1) is 0 Å². The average molecular weight is 390 g/mol. The predicted octanol–water partition coefficient (Wildman–Crippen LogP) is 6.79. The number of halogens is 2. The number of nitrogens with zero attached hydrogens (tertiary/aromatic N) is 1. The molecule has 27 heavy (non-hydrogen) atoms. The van der Waals surface area contributed by atoms with Crippen molar-refractivity contribution in [2.75, 3.05) is 6.61 Å². The zero-order valence-corrected chi connectivity index (χ0v) is 17.7. The molecule has 0 bridgehead atoms. The summed E-state index contributed by atoms with van der Waals surface area (Å²) in [6.07, 6.45) is 2.78. The van der Waals surface area contributed by atoms with E-state index in [4.69, 9.17) is 16.3 Å². The van der Waals surface area contributed by atoms with E-state index in [2.05, 4.69) is 37.6 Å². The Balaban J connectivity index is 1.89. The van der Waals surface area contributed by atoms with Crippen molar-refractivity contribution in [3.63, 3.8) is 0 Å². The summed E-state index contributed by atoms with van der Waals surface area (Å²) in [5, 5.41) is 0.743. The summed E-state index contributed by atoms with van der Waals surface area (Å²) >= 11 is 6.08. The molecule has 146 valence electrons. The van der Waals surface area contributed by atoms with Crippen molar-refractivity contribution in [2.45, 2.75) is 65.0 Å². The van der Waals surface area contributed by atoms with Gasteiger partial charge in [-0.05, 0) is 63.8 Å². The van der Waals surface area contributed by atoms with Gasteiger partial charge in [-0.2, -0.15) is 0 Å². The normalized spacial score (nSPS) is 24.5. The molecule has 0 spiro atoms. The zero-order valence-electron chi connectivity index (χ0n) is 17.0. The standard InChI is InChI=1S/C23H29ClFNO/c1-15-16(2)26-20(27-14-21(4,5)25)13-22(15,6)17(3)23(11-12-23)18-7-9-19(24)10-8-18/h7-10H,3,11-14H2,1-2,4-6H3. The van der Waals surface area contributed by atoms with Crippen LogP contribution in [-0.2, 0) is 10.2 Å². The number of aliphatic imine (C=N–C) groups is 1. The molecule has 1 heterocycles. The minimum atomic E-state index is -1.39. The molecular formula is C23H29ClFNO. The lowest BCUT2D eigenvalue weighted by atomic mass is 9.65. The second-order valence-corrected chi connectivity index (χ2v) is 9.24. The highest BCUT2D eigenvalue weighted by Crippen LogP contribution is 2.61. The third-order valence-corrected chi connectivity index (χ3v) is 6.39. The Morgan fingerprint density at radius 2 is 1.85 bits per heavy atom. The summed E-state index contributed by atoms with van der Waals surface area (Å²) in [6.45, 7) is 13.9. The SMILES string of the molecule is C=C(C1(C)CC(OCC(C)(C)F)=NC(C)=C1C)C1(c2ccc(Cl)cc2)CC1. The first-order chi connectivity index (χ1) is 12.5. The van der Waals surface area contributed by atoms with Crippen LogP contribution in [0.4, 0.5) is 4.39 Å². The summed E-state index contributed by atoms with van der Waals surface area (Å²) in [7, 11) is 0. The molecule has 0 saturated heterocycles. The molecule has 0 N–H and O–H groups in total. The molecule has 4 heteroatoms. The van der Waals surface area contributed by atoms with Gasteiger partial charge in [0.15, 0.2) is 5.90 Å². The fourth-order valence-corrected chi connectivity index (χ4v) is 4.13. The second-order valence-electron chi connectivity index (χ2n) is 8.80. The van der Waals surface area contributed by atoms with E-state index in [0.717, 1.165) is 23.6 Å². The van der Waals surface area contributed by atoms with Gasteiger partial charge < -0.3 is 4.74 Å². The van der Waals surface area contributed by atoms with Crippen molar-refractivity contribution in [1.82, 2.24) is 0 Å². The third kappa shape index (κ3) is 3.85. The molecule has 1 aliphatic carbocycles. The summed E-state index contributed by atoms with van der Waals surface area (Å²) < 4.78 is 19.7. The van der Waals surface area contributed by atoms with E-state index < -0.39 is 5.67 Å². The van der Waals surface area contributed by atoms with Crippen molar-refractivity contribution in [3.05, 3.63) is 58.3 Å². The number of ether oxygens (including phenoxy) is 1. The highest BCUT2D eigenvalue weighted by molar-refractivity contribution is 6.30. The van der Waals surface area contributed by atoms with E-state index in [1.165, 1.54) is 30.6 Å². The molecule has 1 aliphatic heterocycles. The Morgan fingerprint density at radius 1 is 1.26 bits per heavy atom. The molecule has 1 saturated carbocycles. The van der Waals surface area contributed by atoms with Crippen LogP contribution < -0.4 is 0 Å². The Kier molecular flexibility index (Phi) is 5.05. The molecule has 0 amide bonds. The van der Waals surface area contributed by atoms with Gasteiger partial charge in [0.2, 0.25) is 0 Å². The first-order valence-electron chi connectivity index (χ1n) is 9.51. The van der Waals surface area contributed by atoms with Gasteiger partial charge in [0.1, 0.15) is 12.3 Å². The molecule has 2 aliphatic rings. The quantitative estimate of drug-likeness (QED) is 0.507. The predicted molar refractivity (Wildman–Crippen MR) is 111 cm³/mol. The van der Waals surface area contributed by atoms with Crippen LogP contribution in [0.5, 0.6) is 0 Å². The van der Waals surface area contributed by atoms with Gasteiger partial charge in [0, 0.05) is 28.0 Å². The van der Waals surface area contributed by atoms with E-state index in [0.29, 0.717) is 12.3 Å². The van der Waals surface area contributed by atoms with Crippen LogP contribution in [-0.4, -0.2) is 18.2 Å². The fraction of sp³-hybridized carbons (Fsp3) is 0.522. The Bertz CT molecular complexity index is 812. The molecule has 1 unspecified atom stereocenters. The van der Waals surface area contributed by atoms with Gasteiger partial charge in [0.25, 0.3) is 0 Å². The average Bonchev–Trinajstić information content (AvgIpc) is 3.39. The second kappa shape index (κ2) is 6.77. The van der Waals surface area contributed by atoms with Crippen molar-refractivity contribution >= 4 is 17.5 Å². The Hall–Kier alpha value is -1.61. The lowest BCUT2D eigenvalue weighted by Crippen LogP contribution is -2.35. The largest absolute Gasteiger partial charge is 0.477 e. The highest BCUT2D eigenvalue weighted by atomic mass is 35.5. The maximum atomic E-state index is 13.9. The molecule has 1 aromatic carbocycles. The first-order valence-corrected chi connectivity index (χ1v) is 9.89. The molecule has 0 radical (unpaired) electrons. The highest BCUT2D eigenvalue weighted by Gasteiger charge is 2.53. The van der Waals surface area contributed by atoms with Crippen molar-refractivity contribution in [3.8, 4) is 0 Å². The van der Waals surface area contributed by atoms with Gasteiger partial charge in [-0.25, -0.2) is 9.38 Å². The molecular weight excluding hydrogens is 361 g/mol. The van der Waals surface area contributed by atoms with E-state index >= 15 is 0 Å². The maximum absolute atomic E-state index is 13.9. The molecule has 1 fully saturated rings. The van der Waals surface area contributed by atoms with Crippen LogP contribution in [0.3, 0.4) is 0 Å². The summed E-state index contributed by atoms with van der Waals surface area (Å²) in [5.74, 6) is 0.597. The lowest BCUT2D eigenvalue weighted by Gasteiger charge is -2.40. The van der Waals surface area contributed by atoms with Crippen LogP contribution in [0.15, 0.2) is 52.7 Å². The number of rotatable bonds is 5. The molecule has 0 aromatic heterocycles. The van der Waals surface area contributed by atoms with Crippen LogP contribution in [0.1, 0.15) is 59.4 Å². The van der Waals surface area contributed by atoms with E-state index in [1.54, 1.807) is 0 Å². The fourth-order valence-electron chi connectivity index (χ4n) is 4.00. The maximum Gasteiger partial charge on any atom is 0.189 e. The van der Waals surface area contributed by atoms with Crippen LogP contribution in [0, 0.1) is 5.41 Å². The van der Waals surface area contributed by atoms with Crippen LogP contribution in [0.25, 0.3) is 0 Å². The van der Waals surface area contributed by atoms with Crippen molar-refractivity contribution in [2.24, 2.45) is 10.4 Å². The Labute approximate surface area is 167 Å². The molecule has 2 nitrogen and oxygen atoms in total. The summed E-state index contributed by atoms with van der Waals surface area (Å²) in [6, 6.07) is 8.10. The van der Waals surface area contributed by atoms with Gasteiger partial charge in [-0.15, -0.1) is 0 Å². The van der Waals surface area contributed by atoms with E-state index in [-0.39, 0.29) is 17.4 Å². The van der Waals surface area contributed by atoms with Gasteiger partial charge in [-0.1, -0.05) is 42.8 Å². The summed E-state index contributed by atoms with van der Waals surface area (Å²) in [5.41, 5.74) is 2.91. The van der Waals surface area contributed by atoms with Crippen LogP contribution in [0.2, 0.25) is 5.02 Å². The lowest BCUT2D eigenvalue weighted by molar-refractivity contribution is 0.108. The van der Waals surface area contributed by atoms with Crippen LogP contribution >= 0.6 is 11.6 Å². The van der Waals surface area contributed by atoms with Crippen molar-refractivity contribution < 1.29 is 9.13 Å². The first kappa shape index (κ1) is 20.1. The number of allylic oxidation sites excluding steroid dienone is 3. The smallest absolute Gasteiger partial charge is 0.189 e.